The van der Waals surface area contributed by atoms with Gasteiger partial charge in [0.1, 0.15) is 5.82 Å². The Morgan fingerprint density at radius 1 is 1.73 bits per heavy atom. The van der Waals surface area contributed by atoms with Crippen molar-refractivity contribution in [1.82, 2.24) is 14.9 Å². The number of nitrogens with zero attached hydrogens (tertiary/aromatic N) is 2. The van der Waals surface area contributed by atoms with Crippen molar-refractivity contribution in [1.29, 1.82) is 0 Å². The molecule has 1 atom stereocenters. The quantitative estimate of drug-likeness (QED) is 0.492. The standard InChI is InChI=1S/C9H17N5O/c1-14-5-4-13-8(14)2-3-12-6-7(10)9(11)15/h4-5,7,12H,2-3,6,10H2,1H3,(H2,11,15). The van der Waals surface area contributed by atoms with E-state index in [0.717, 1.165) is 18.8 Å². The molecule has 0 fully saturated rings. The first-order valence-electron chi connectivity index (χ1n) is 4.83. The number of nitrogens with one attached hydrogen (secondary N) is 1. The molecule has 0 saturated heterocycles. The molecule has 84 valence electrons. The van der Waals surface area contributed by atoms with Gasteiger partial charge in [0, 0.05) is 39.0 Å². The topological polar surface area (TPSA) is 99.0 Å². The van der Waals surface area contributed by atoms with E-state index in [0.29, 0.717) is 6.54 Å². The van der Waals surface area contributed by atoms with E-state index in [-0.39, 0.29) is 0 Å². The number of imidazole rings is 1. The highest BCUT2D eigenvalue weighted by molar-refractivity contribution is 5.79. The molecule has 0 aliphatic carbocycles. The van der Waals surface area contributed by atoms with Crippen molar-refractivity contribution < 1.29 is 4.79 Å². The third-order valence-electron chi connectivity index (χ3n) is 2.18. The first-order chi connectivity index (χ1) is 7.11. The Kier molecular flexibility index (Phi) is 4.26. The second-order valence-electron chi connectivity index (χ2n) is 3.42. The van der Waals surface area contributed by atoms with E-state index in [9.17, 15) is 4.79 Å². The average molecular weight is 211 g/mol. The van der Waals surface area contributed by atoms with Gasteiger partial charge < -0.3 is 21.4 Å². The summed E-state index contributed by atoms with van der Waals surface area (Å²) in [6, 6.07) is -0.619. The van der Waals surface area contributed by atoms with Gasteiger partial charge in [-0.1, -0.05) is 0 Å². The highest BCUT2D eigenvalue weighted by Crippen LogP contribution is 1.93. The summed E-state index contributed by atoms with van der Waals surface area (Å²) < 4.78 is 1.95. The van der Waals surface area contributed by atoms with Crippen molar-refractivity contribution in [2.75, 3.05) is 13.1 Å². The van der Waals surface area contributed by atoms with Crippen molar-refractivity contribution >= 4 is 5.91 Å². The number of hydrogen-bond acceptors (Lipinski definition) is 4. The Morgan fingerprint density at radius 2 is 2.47 bits per heavy atom. The van der Waals surface area contributed by atoms with Crippen molar-refractivity contribution in [3.05, 3.63) is 18.2 Å². The number of nitrogens with two attached hydrogens (primary N) is 2. The second-order valence-corrected chi connectivity index (χ2v) is 3.42. The van der Waals surface area contributed by atoms with E-state index >= 15 is 0 Å². The van der Waals surface area contributed by atoms with E-state index < -0.39 is 11.9 Å². The number of carbonyl (C=O) groups excluding carboxylic acids is 1. The van der Waals surface area contributed by atoms with E-state index in [4.69, 9.17) is 11.5 Å². The summed E-state index contributed by atoms with van der Waals surface area (Å²) in [5.74, 6) is 0.509. The monoisotopic (exact) mass is 211 g/mol. The van der Waals surface area contributed by atoms with Crippen molar-refractivity contribution in [2.24, 2.45) is 18.5 Å². The predicted molar refractivity (Wildman–Crippen MR) is 57.0 cm³/mol. The molecule has 6 heteroatoms. The fourth-order valence-electron chi connectivity index (χ4n) is 1.20. The largest absolute Gasteiger partial charge is 0.368 e. The Bertz CT molecular complexity index is 322. The Morgan fingerprint density at radius 3 is 3.00 bits per heavy atom. The van der Waals surface area contributed by atoms with Crippen LogP contribution in [0.4, 0.5) is 0 Å². The van der Waals surface area contributed by atoms with Crippen LogP contribution in [0.5, 0.6) is 0 Å². The van der Waals surface area contributed by atoms with E-state index in [1.807, 2.05) is 17.8 Å². The molecule has 0 saturated carbocycles. The van der Waals surface area contributed by atoms with Crippen LogP contribution >= 0.6 is 0 Å². The van der Waals surface area contributed by atoms with Crippen LogP contribution in [0.1, 0.15) is 5.82 Å². The Hall–Kier alpha value is -1.40. The number of aromatic nitrogens is 2. The maximum atomic E-state index is 10.6. The summed E-state index contributed by atoms with van der Waals surface area (Å²) in [5, 5.41) is 3.05. The smallest absolute Gasteiger partial charge is 0.235 e. The van der Waals surface area contributed by atoms with Gasteiger partial charge in [-0.15, -0.1) is 0 Å². The molecule has 1 aromatic rings. The lowest BCUT2D eigenvalue weighted by Crippen LogP contribution is -2.44. The summed E-state index contributed by atoms with van der Waals surface area (Å²) in [4.78, 5) is 14.8. The second kappa shape index (κ2) is 5.47. The number of carbonyl (C=O) groups is 1. The van der Waals surface area contributed by atoms with Crippen LogP contribution in [0.2, 0.25) is 0 Å². The van der Waals surface area contributed by atoms with Gasteiger partial charge in [-0.05, 0) is 0 Å². The maximum Gasteiger partial charge on any atom is 0.235 e. The summed E-state index contributed by atoms with van der Waals surface area (Å²) in [5.41, 5.74) is 10.5. The average Bonchev–Trinajstić information content (AvgIpc) is 2.58. The van der Waals surface area contributed by atoms with Gasteiger partial charge in [0.2, 0.25) is 5.91 Å². The molecule has 1 rings (SSSR count). The predicted octanol–water partition coefficient (Wildman–Crippen LogP) is -1.64. The SMILES string of the molecule is Cn1ccnc1CCNCC(N)C(N)=O. The fourth-order valence-corrected chi connectivity index (χ4v) is 1.20. The molecule has 0 aliphatic heterocycles. The van der Waals surface area contributed by atoms with Gasteiger partial charge >= 0.3 is 0 Å². The minimum Gasteiger partial charge on any atom is -0.368 e. The zero-order valence-electron chi connectivity index (χ0n) is 8.81. The summed E-state index contributed by atoms with van der Waals surface area (Å²) in [7, 11) is 1.94. The fraction of sp³-hybridized carbons (Fsp3) is 0.556. The van der Waals surface area contributed by atoms with Crippen LogP contribution in [0, 0.1) is 0 Å². The van der Waals surface area contributed by atoms with E-state index in [1.165, 1.54) is 0 Å². The molecule has 6 nitrogen and oxygen atoms in total. The Labute approximate surface area is 88.7 Å². The van der Waals surface area contributed by atoms with E-state index in [2.05, 4.69) is 10.3 Å². The molecule has 1 heterocycles. The van der Waals surface area contributed by atoms with Crippen LogP contribution in [-0.2, 0) is 18.3 Å². The molecule has 0 spiro atoms. The van der Waals surface area contributed by atoms with E-state index in [1.54, 1.807) is 6.20 Å². The van der Waals surface area contributed by atoms with Crippen LogP contribution in [-0.4, -0.2) is 34.6 Å². The minimum atomic E-state index is -0.619. The van der Waals surface area contributed by atoms with Crippen molar-refractivity contribution in [2.45, 2.75) is 12.5 Å². The van der Waals surface area contributed by atoms with Crippen LogP contribution in [0.3, 0.4) is 0 Å². The zero-order valence-corrected chi connectivity index (χ0v) is 8.81. The number of aryl methyl sites for hydroxylation is 1. The Balaban J connectivity index is 2.17. The summed E-state index contributed by atoms with van der Waals surface area (Å²) in [6.07, 6.45) is 4.45. The number of rotatable bonds is 6. The highest BCUT2D eigenvalue weighted by Gasteiger charge is 2.07. The van der Waals surface area contributed by atoms with Crippen molar-refractivity contribution in [3.63, 3.8) is 0 Å². The molecule has 0 radical (unpaired) electrons. The van der Waals surface area contributed by atoms with Crippen LogP contribution in [0.25, 0.3) is 0 Å². The molecule has 1 unspecified atom stereocenters. The first-order valence-corrected chi connectivity index (χ1v) is 4.83. The molecule has 0 aromatic carbocycles. The minimum absolute atomic E-state index is 0.403. The lowest BCUT2D eigenvalue weighted by Gasteiger charge is -2.08. The molecule has 15 heavy (non-hydrogen) atoms. The molecular formula is C9H17N5O. The normalized spacial score (nSPS) is 12.7. The third-order valence-corrected chi connectivity index (χ3v) is 2.18. The summed E-state index contributed by atoms with van der Waals surface area (Å²) >= 11 is 0. The number of hydrogen-bond donors (Lipinski definition) is 3. The van der Waals surface area contributed by atoms with Crippen LogP contribution in [0.15, 0.2) is 12.4 Å². The molecule has 5 N–H and O–H groups in total. The van der Waals surface area contributed by atoms with Gasteiger partial charge in [0.15, 0.2) is 0 Å². The highest BCUT2D eigenvalue weighted by atomic mass is 16.1. The van der Waals surface area contributed by atoms with Gasteiger partial charge in [0.05, 0.1) is 6.04 Å². The van der Waals surface area contributed by atoms with Crippen molar-refractivity contribution in [3.8, 4) is 0 Å². The number of amides is 1. The van der Waals surface area contributed by atoms with Gasteiger partial charge in [-0.2, -0.15) is 0 Å². The summed E-state index contributed by atoms with van der Waals surface area (Å²) in [6.45, 7) is 1.13. The third kappa shape index (κ3) is 3.69. The maximum absolute atomic E-state index is 10.6. The number of primary amides is 1. The molecule has 1 amide bonds. The zero-order chi connectivity index (χ0) is 11.3. The van der Waals surface area contributed by atoms with Gasteiger partial charge in [0.25, 0.3) is 0 Å². The first kappa shape index (κ1) is 11.7. The van der Waals surface area contributed by atoms with Crippen LogP contribution < -0.4 is 16.8 Å². The van der Waals surface area contributed by atoms with Gasteiger partial charge in [-0.25, -0.2) is 4.98 Å². The lowest BCUT2D eigenvalue weighted by molar-refractivity contribution is -0.119. The van der Waals surface area contributed by atoms with Gasteiger partial charge in [-0.3, -0.25) is 4.79 Å². The lowest BCUT2D eigenvalue weighted by atomic mass is 10.3. The molecular weight excluding hydrogens is 194 g/mol. The molecule has 1 aromatic heterocycles. The molecule has 0 bridgehead atoms. The molecule has 0 aliphatic rings.